The number of nitrogens with two attached hydrogens (primary N) is 1. The normalized spacial score (nSPS) is 12.4. The van der Waals surface area contributed by atoms with Gasteiger partial charge in [-0.3, -0.25) is 9.69 Å². The van der Waals surface area contributed by atoms with Crippen molar-refractivity contribution in [1.82, 2.24) is 9.80 Å². The van der Waals surface area contributed by atoms with Gasteiger partial charge in [-0.1, -0.05) is 37.3 Å². The lowest BCUT2D eigenvalue weighted by Crippen LogP contribution is -2.44. The Bertz CT molecular complexity index is 404. The number of hydrogen-bond donors (Lipinski definition) is 1. The molecule has 1 unspecified atom stereocenters. The van der Waals surface area contributed by atoms with Gasteiger partial charge in [0, 0.05) is 38.6 Å². The van der Waals surface area contributed by atoms with Crippen LogP contribution in [-0.2, 0) is 11.3 Å². The van der Waals surface area contributed by atoms with Gasteiger partial charge in [-0.15, -0.1) is 0 Å². The first-order valence-electron chi connectivity index (χ1n) is 7.91. The fourth-order valence-electron chi connectivity index (χ4n) is 2.59. The first-order valence-corrected chi connectivity index (χ1v) is 7.91. The molecule has 1 aromatic rings. The number of rotatable bonds is 9. The van der Waals surface area contributed by atoms with E-state index in [4.69, 9.17) is 5.73 Å². The smallest absolute Gasteiger partial charge is 0.224 e. The standard InChI is InChI=1S/C17H29N3O/c1-4-19(5-2)17(21)12-16(13-18)20(6-3)14-15-10-8-7-9-11-15/h7-11,16H,4-6,12-14,18H2,1-3H3. The molecule has 0 bridgehead atoms. The molecule has 0 aliphatic carbocycles. The summed E-state index contributed by atoms with van der Waals surface area (Å²) in [4.78, 5) is 16.5. The molecule has 0 radical (unpaired) electrons. The van der Waals surface area contributed by atoms with E-state index < -0.39 is 0 Å². The summed E-state index contributed by atoms with van der Waals surface area (Å²) in [5.41, 5.74) is 7.18. The summed E-state index contributed by atoms with van der Waals surface area (Å²) in [6.45, 7) is 9.91. The molecular weight excluding hydrogens is 262 g/mol. The Labute approximate surface area is 128 Å². The van der Waals surface area contributed by atoms with E-state index in [1.165, 1.54) is 5.56 Å². The summed E-state index contributed by atoms with van der Waals surface area (Å²) in [5.74, 6) is 0.196. The van der Waals surface area contributed by atoms with Crippen molar-refractivity contribution in [2.24, 2.45) is 5.73 Å². The van der Waals surface area contributed by atoms with Crippen LogP contribution in [0.2, 0.25) is 0 Å². The van der Waals surface area contributed by atoms with Crippen molar-refractivity contribution < 1.29 is 4.79 Å². The molecule has 21 heavy (non-hydrogen) atoms. The first kappa shape index (κ1) is 17.7. The van der Waals surface area contributed by atoms with Crippen molar-refractivity contribution in [2.45, 2.75) is 39.8 Å². The van der Waals surface area contributed by atoms with Crippen LogP contribution in [0, 0.1) is 0 Å². The summed E-state index contributed by atoms with van der Waals surface area (Å²) in [6.07, 6.45) is 0.499. The minimum atomic E-state index is 0.100. The molecule has 1 rings (SSSR count). The van der Waals surface area contributed by atoms with Gasteiger partial charge in [0.15, 0.2) is 0 Å². The van der Waals surface area contributed by atoms with E-state index >= 15 is 0 Å². The third-order valence-corrected chi connectivity index (χ3v) is 3.95. The van der Waals surface area contributed by atoms with Gasteiger partial charge in [0.25, 0.3) is 0 Å². The maximum Gasteiger partial charge on any atom is 0.224 e. The van der Waals surface area contributed by atoms with Crippen LogP contribution in [-0.4, -0.2) is 47.9 Å². The van der Waals surface area contributed by atoms with E-state index in [0.29, 0.717) is 13.0 Å². The molecule has 1 aromatic carbocycles. The van der Waals surface area contributed by atoms with Crippen molar-refractivity contribution in [3.05, 3.63) is 35.9 Å². The second kappa shape index (κ2) is 9.53. The molecular formula is C17H29N3O. The van der Waals surface area contributed by atoms with E-state index in [9.17, 15) is 4.79 Å². The van der Waals surface area contributed by atoms with Crippen LogP contribution in [0.5, 0.6) is 0 Å². The number of nitrogens with zero attached hydrogens (tertiary/aromatic N) is 2. The molecule has 2 N–H and O–H groups in total. The molecule has 0 aliphatic heterocycles. The molecule has 4 heteroatoms. The van der Waals surface area contributed by atoms with Gasteiger partial charge < -0.3 is 10.6 Å². The molecule has 0 fully saturated rings. The number of carbonyl (C=O) groups is 1. The SMILES string of the molecule is CCN(CC)C(=O)CC(CN)N(CC)Cc1ccccc1. The van der Waals surface area contributed by atoms with Crippen molar-refractivity contribution in [1.29, 1.82) is 0 Å². The zero-order valence-corrected chi connectivity index (χ0v) is 13.6. The molecule has 1 amide bonds. The van der Waals surface area contributed by atoms with Crippen LogP contribution in [0.4, 0.5) is 0 Å². The predicted octanol–water partition coefficient (Wildman–Crippen LogP) is 2.09. The van der Waals surface area contributed by atoms with Crippen molar-refractivity contribution in [3.8, 4) is 0 Å². The topological polar surface area (TPSA) is 49.6 Å². The summed E-state index contributed by atoms with van der Waals surface area (Å²) < 4.78 is 0. The van der Waals surface area contributed by atoms with Gasteiger partial charge in [0.1, 0.15) is 0 Å². The van der Waals surface area contributed by atoms with Crippen LogP contribution in [0.15, 0.2) is 30.3 Å². The molecule has 0 spiro atoms. The number of carbonyl (C=O) groups excluding carboxylic acids is 1. The van der Waals surface area contributed by atoms with Crippen LogP contribution >= 0.6 is 0 Å². The van der Waals surface area contributed by atoms with E-state index in [-0.39, 0.29) is 11.9 Å². The molecule has 4 nitrogen and oxygen atoms in total. The number of likely N-dealkylation sites (N-methyl/N-ethyl adjacent to an activating group) is 1. The molecule has 0 aromatic heterocycles. The highest BCUT2D eigenvalue weighted by Crippen LogP contribution is 2.11. The van der Waals surface area contributed by atoms with Gasteiger partial charge in [-0.2, -0.15) is 0 Å². The van der Waals surface area contributed by atoms with Gasteiger partial charge in [-0.25, -0.2) is 0 Å². The van der Waals surface area contributed by atoms with Crippen LogP contribution in [0.1, 0.15) is 32.8 Å². The predicted molar refractivity (Wildman–Crippen MR) is 87.9 cm³/mol. The quantitative estimate of drug-likeness (QED) is 0.758. The minimum Gasteiger partial charge on any atom is -0.343 e. The Hall–Kier alpha value is -1.39. The minimum absolute atomic E-state index is 0.100. The number of hydrogen-bond acceptors (Lipinski definition) is 3. The molecule has 1 atom stereocenters. The third-order valence-electron chi connectivity index (χ3n) is 3.95. The number of amides is 1. The Morgan fingerprint density at radius 3 is 2.19 bits per heavy atom. The Morgan fingerprint density at radius 1 is 1.10 bits per heavy atom. The average molecular weight is 291 g/mol. The van der Waals surface area contributed by atoms with Crippen LogP contribution < -0.4 is 5.73 Å². The Balaban J connectivity index is 2.69. The fourth-order valence-corrected chi connectivity index (χ4v) is 2.59. The van der Waals surface area contributed by atoms with Gasteiger partial charge in [0.05, 0.1) is 0 Å². The lowest BCUT2D eigenvalue weighted by atomic mass is 10.1. The first-order chi connectivity index (χ1) is 10.2. The highest BCUT2D eigenvalue weighted by atomic mass is 16.2. The van der Waals surface area contributed by atoms with E-state index in [1.54, 1.807) is 0 Å². The molecule has 0 saturated heterocycles. The maximum atomic E-state index is 12.3. The lowest BCUT2D eigenvalue weighted by molar-refractivity contribution is -0.132. The highest BCUT2D eigenvalue weighted by Gasteiger charge is 2.21. The van der Waals surface area contributed by atoms with Crippen LogP contribution in [0.25, 0.3) is 0 Å². The fraction of sp³-hybridized carbons (Fsp3) is 0.588. The second-order valence-electron chi connectivity index (χ2n) is 5.21. The van der Waals surface area contributed by atoms with E-state index in [0.717, 1.165) is 26.2 Å². The van der Waals surface area contributed by atoms with Crippen molar-refractivity contribution >= 4 is 5.91 Å². The zero-order chi connectivity index (χ0) is 15.7. The van der Waals surface area contributed by atoms with Crippen LogP contribution in [0.3, 0.4) is 0 Å². The third kappa shape index (κ3) is 5.48. The summed E-state index contributed by atoms with van der Waals surface area (Å²) >= 11 is 0. The highest BCUT2D eigenvalue weighted by molar-refractivity contribution is 5.76. The maximum absolute atomic E-state index is 12.3. The second-order valence-corrected chi connectivity index (χ2v) is 5.21. The molecule has 0 heterocycles. The zero-order valence-electron chi connectivity index (χ0n) is 13.6. The van der Waals surface area contributed by atoms with Gasteiger partial charge >= 0.3 is 0 Å². The molecule has 0 aliphatic rings. The average Bonchev–Trinajstić information content (AvgIpc) is 2.52. The number of benzene rings is 1. The Morgan fingerprint density at radius 2 is 1.71 bits per heavy atom. The monoisotopic (exact) mass is 291 g/mol. The summed E-state index contributed by atoms with van der Waals surface area (Å²) in [5, 5.41) is 0. The van der Waals surface area contributed by atoms with Crippen molar-refractivity contribution in [3.63, 3.8) is 0 Å². The van der Waals surface area contributed by atoms with E-state index in [1.807, 2.05) is 36.9 Å². The lowest BCUT2D eigenvalue weighted by Gasteiger charge is -2.31. The molecule has 118 valence electrons. The largest absolute Gasteiger partial charge is 0.343 e. The van der Waals surface area contributed by atoms with Crippen molar-refractivity contribution in [2.75, 3.05) is 26.2 Å². The van der Waals surface area contributed by atoms with Gasteiger partial charge in [-0.05, 0) is 26.0 Å². The summed E-state index contributed by atoms with van der Waals surface area (Å²) in [7, 11) is 0. The van der Waals surface area contributed by atoms with E-state index in [2.05, 4.69) is 24.0 Å². The summed E-state index contributed by atoms with van der Waals surface area (Å²) in [6, 6.07) is 10.4. The molecule has 0 saturated carbocycles. The Kier molecular flexibility index (Phi) is 8.01. The van der Waals surface area contributed by atoms with Gasteiger partial charge in [0.2, 0.25) is 5.91 Å².